The molecule has 0 bridgehead atoms. The van der Waals surface area contributed by atoms with Crippen molar-refractivity contribution < 1.29 is 9.59 Å². The summed E-state index contributed by atoms with van der Waals surface area (Å²) in [7, 11) is 3.71. The quantitative estimate of drug-likeness (QED) is 0.894. The highest BCUT2D eigenvalue weighted by Crippen LogP contribution is 2.17. The van der Waals surface area contributed by atoms with Gasteiger partial charge < -0.3 is 19.7 Å². The van der Waals surface area contributed by atoms with Gasteiger partial charge in [-0.05, 0) is 24.3 Å². The normalized spacial score (nSPS) is 14.4. The van der Waals surface area contributed by atoms with E-state index in [4.69, 9.17) is 0 Å². The largest absolute Gasteiger partial charge is 0.360 e. The van der Waals surface area contributed by atoms with Crippen molar-refractivity contribution >= 4 is 17.5 Å². The highest BCUT2D eigenvalue weighted by Gasteiger charge is 2.19. The summed E-state index contributed by atoms with van der Waals surface area (Å²) in [4.78, 5) is 32.0. The third-order valence-electron chi connectivity index (χ3n) is 4.16. The number of piperazine rings is 1. The van der Waals surface area contributed by atoms with E-state index < -0.39 is 0 Å². The van der Waals surface area contributed by atoms with Gasteiger partial charge in [0.25, 0.3) is 5.91 Å². The van der Waals surface area contributed by atoms with Gasteiger partial charge in [0.1, 0.15) is 5.69 Å². The van der Waals surface area contributed by atoms with Crippen LogP contribution < -0.4 is 10.2 Å². The summed E-state index contributed by atoms with van der Waals surface area (Å²) in [6, 6.07) is 7.52. The van der Waals surface area contributed by atoms with Crippen LogP contribution in [0.15, 0.2) is 36.7 Å². The van der Waals surface area contributed by atoms with Crippen molar-refractivity contribution in [1.29, 1.82) is 0 Å². The van der Waals surface area contributed by atoms with Crippen molar-refractivity contribution in [2.45, 2.75) is 6.54 Å². The summed E-state index contributed by atoms with van der Waals surface area (Å²) in [5.74, 6) is -0.147. The van der Waals surface area contributed by atoms with Crippen LogP contribution in [0.1, 0.15) is 16.2 Å². The number of carbonyl (C=O) groups is 2. The molecular weight excluding hydrogens is 306 g/mol. The first-order chi connectivity index (χ1) is 11.5. The minimum absolute atomic E-state index is 0.00763. The van der Waals surface area contributed by atoms with Gasteiger partial charge in [-0.25, -0.2) is 0 Å². The zero-order chi connectivity index (χ0) is 17.1. The van der Waals surface area contributed by atoms with E-state index in [1.165, 1.54) is 0 Å². The van der Waals surface area contributed by atoms with Gasteiger partial charge in [-0.1, -0.05) is 0 Å². The zero-order valence-electron chi connectivity index (χ0n) is 13.9. The number of carbonyl (C=O) groups excluding carboxylic acids is 2. The van der Waals surface area contributed by atoms with Gasteiger partial charge in [-0.15, -0.1) is 0 Å². The number of amides is 2. The number of nitrogens with one attached hydrogen (secondary N) is 1. The molecule has 0 unspecified atom stereocenters. The monoisotopic (exact) mass is 327 g/mol. The maximum atomic E-state index is 12.6. The number of hydrogen-bond acceptors (Lipinski definition) is 4. The van der Waals surface area contributed by atoms with Gasteiger partial charge in [0, 0.05) is 51.0 Å². The Bertz CT molecular complexity index is 755. The van der Waals surface area contributed by atoms with E-state index in [9.17, 15) is 9.59 Å². The molecule has 1 fully saturated rings. The van der Waals surface area contributed by atoms with Crippen molar-refractivity contribution in [2.75, 3.05) is 31.6 Å². The Morgan fingerprint density at radius 3 is 2.96 bits per heavy atom. The highest BCUT2D eigenvalue weighted by atomic mass is 16.2. The maximum Gasteiger partial charge on any atom is 0.272 e. The van der Waals surface area contributed by atoms with Crippen LogP contribution in [-0.2, 0) is 18.4 Å². The number of rotatable bonds is 4. The molecule has 7 nitrogen and oxygen atoms in total. The third-order valence-corrected chi connectivity index (χ3v) is 4.16. The van der Waals surface area contributed by atoms with Crippen LogP contribution in [0.4, 0.5) is 5.69 Å². The van der Waals surface area contributed by atoms with E-state index in [0.29, 0.717) is 25.3 Å². The summed E-state index contributed by atoms with van der Waals surface area (Å²) in [6.45, 7) is 2.15. The first-order valence-corrected chi connectivity index (χ1v) is 7.88. The molecule has 1 N–H and O–H groups in total. The average Bonchev–Trinajstić information content (AvgIpc) is 2.99. The van der Waals surface area contributed by atoms with Crippen LogP contribution in [0.2, 0.25) is 0 Å². The Labute approximate surface area is 140 Å². The number of aryl methyl sites for hydroxylation is 1. The Hall–Kier alpha value is -2.83. The van der Waals surface area contributed by atoms with Gasteiger partial charge in [0.05, 0.1) is 13.1 Å². The molecule has 1 aliphatic rings. The summed E-state index contributed by atoms with van der Waals surface area (Å²) < 4.78 is 1.99. The Morgan fingerprint density at radius 2 is 2.25 bits per heavy atom. The summed E-state index contributed by atoms with van der Waals surface area (Å²) >= 11 is 0. The maximum absolute atomic E-state index is 12.6. The van der Waals surface area contributed by atoms with Crippen molar-refractivity contribution in [2.24, 2.45) is 7.05 Å². The molecule has 2 amide bonds. The molecule has 7 heteroatoms. The molecule has 1 aliphatic heterocycles. The second kappa shape index (κ2) is 6.74. The van der Waals surface area contributed by atoms with Gasteiger partial charge in [-0.3, -0.25) is 14.6 Å². The van der Waals surface area contributed by atoms with Crippen molar-refractivity contribution in [3.63, 3.8) is 0 Å². The zero-order valence-corrected chi connectivity index (χ0v) is 13.9. The fourth-order valence-electron chi connectivity index (χ4n) is 2.76. The molecule has 0 radical (unpaired) electrons. The molecule has 3 heterocycles. The fraction of sp³-hybridized carbons (Fsp3) is 0.353. The van der Waals surface area contributed by atoms with Gasteiger partial charge in [-0.2, -0.15) is 0 Å². The Morgan fingerprint density at radius 1 is 1.42 bits per heavy atom. The summed E-state index contributed by atoms with van der Waals surface area (Å²) in [6.07, 6.45) is 3.57. The molecule has 0 saturated carbocycles. The van der Waals surface area contributed by atoms with Crippen molar-refractivity contribution in [1.82, 2.24) is 19.8 Å². The molecule has 24 heavy (non-hydrogen) atoms. The molecule has 0 aliphatic carbocycles. The third kappa shape index (κ3) is 3.40. The fourth-order valence-corrected chi connectivity index (χ4v) is 2.76. The average molecular weight is 327 g/mol. The summed E-state index contributed by atoms with van der Waals surface area (Å²) in [5, 5.41) is 2.79. The SMILES string of the molecule is CN(Cc1cccn1C)C(=O)c1cc(N2CCNC(=O)C2)ccn1. The van der Waals surface area contributed by atoms with E-state index in [1.807, 2.05) is 40.9 Å². The molecule has 3 rings (SSSR count). The van der Waals surface area contributed by atoms with Crippen LogP contribution in [0.25, 0.3) is 0 Å². The van der Waals surface area contributed by atoms with Crippen LogP contribution in [0, 0.1) is 0 Å². The standard InChI is InChI=1S/C17H21N5O2/c1-20-8-3-4-14(20)11-21(2)17(24)15-10-13(5-6-18-15)22-9-7-19-16(23)12-22/h3-6,8,10H,7,9,11-12H2,1-2H3,(H,19,23). The van der Waals surface area contributed by atoms with Crippen molar-refractivity contribution in [3.05, 3.63) is 48.0 Å². The first kappa shape index (κ1) is 16.0. The predicted molar refractivity (Wildman–Crippen MR) is 90.7 cm³/mol. The van der Waals surface area contributed by atoms with Crippen LogP contribution in [0.3, 0.4) is 0 Å². The van der Waals surface area contributed by atoms with Crippen LogP contribution >= 0.6 is 0 Å². The van der Waals surface area contributed by atoms with Crippen molar-refractivity contribution in [3.8, 4) is 0 Å². The molecule has 1 saturated heterocycles. The Kier molecular flexibility index (Phi) is 4.50. The molecule has 0 spiro atoms. The van der Waals surface area contributed by atoms with Gasteiger partial charge in [0.15, 0.2) is 0 Å². The van der Waals surface area contributed by atoms with E-state index in [1.54, 1.807) is 24.2 Å². The summed E-state index contributed by atoms with van der Waals surface area (Å²) in [5.41, 5.74) is 2.28. The smallest absolute Gasteiger partial charge is 0.272 e. The lowest BCUT2D eigenvalue weighted by Gasteiger charge is -2.28. The highest BCUT2D eigenvalue weighted by molar-refractivity contribution is 5.93. The topological polar surface area (TPSA) is 70.5 Å². The molecule has 2 aromatic heterocycles. The van der Waals surface area contributed by atoms with Crippen LogP contribution in [-0.4, -0.2) is 52.9 Å². The number of nitrogens with zero attached hydrogens (tertiary/aromatic N) is 4. The lowest BCUT2D eigenvalue weighted by Crippen LogP contribution is -2.47. The second-order valence-corrected chi connectivity index (χ2v) is 5.94. The number of hydrogen-bond donors (Lipinski definition) is 1. The minimum atomic E-state index is -0.139. The van der Waals surface area contributed by atoms with E-state index in [0.717, 1.165) is 17.9 Å². The number of anilines is 1. The molecular formula is C17H21N5O2. The van der Waals surface area contributed by atoms with Gasteiger partial charge in [0.2, 0.25) is 5.91 Å². The first-order valence-electron chi connectivity index (χ1n) is 7.88. The van der Waals surface area contributed by atoms with E-state index in [-0.39, 0.29) is 11.8 Å². The predicted octanol–water partition coefficient (Wildman–Crippen LogP) is 0.628. The number of aromatic nitrogens is 2. The van der Waals surface area contributed by atoms with E-state index >= 15 is 0 Å². The lowest BCUT2D eigenvalue weighted by molar-refractivity contribution is -0.120. The number of pyridine rings is 1. The molecule has 126 valence electrons. The molecule has 2 aromatic rings. The molecule has 0 aromatic carbocycles. The van der Waals surface area contributed by atoms with E-state index in [2.05, 4.69) is 10.3 Å². The minimum Gasteiger partial charge on any atom is -0.360 e. The second-order valence-electron chi connectivity index (χ2n) is 5.94. The lowest BCUT2D eigenvalue weighted by atomic mass is 10.2. The van der Waals surface area contributed by atoms with Gasteiger partial charge >= 0.3 is 0 Å². The van der Waals surface area contributed by atoms with Crippen LogP contribution in [0.5, 0.6) is 0 Å². The molecule has 0 atom stereocenters. The Balaban J connectivity index is 1.74.